The van der Waals surface area contributed by atoms with Gasteiger partial charge in [-0.05, 0) is 58.9 Å². The lowest BCUT2D eigenvalue weighted by Crippen LogP contribution is -2.33. The normalized spacial score (nSPS) is 11.7. The maximum atomic E-state index is 11.4. The monoisotopic (exact) mass is 463 g/mol. The first kappa shape index (κ1) is 21.5. The molecule has 0 spiro atoms. The zero-order chi connectivity index (χ0) is 22.7. The Morgan fingerprint density at radius 3 is 2.50 bits per heavy atom. The van der Waals surface area contributed by atoms with Gasteiger partial charge in [0.2, 0.25) is 0 Å². The number of rotatable bonds is 5. The number of hydrogen-bond acceptors (Lipinski definition) is 4. The molecule has 6 nitrogen and oxygen atoms in total. The molecule has 0 fully saturated rings. The van der Waals surface area contributed by atoms with Crippen molar-refractivity contribution in [2.75, 3.05) is 5.32 Å². The lowest BCUT2D eigenvalue weighted by Gasteiger charge is -2.24. The van der Waals surface area contributed by atoms with Gasteiger partial charge in [-0.2, -0.15) is 0 Å². The van der Waals surface area contributed by atoms with Crippen LogP contribution in [0.5, 0.6) is 5.75 Å². The van der Waals surface area contributed by atoms with Crippen LogP contribution in [0.2, 0.25) is 5.02 Å². The number of fused-ring (bicyclic) bond motifs is 1. The third-order valence-corrected chi connectivity index (χ3v) is 5.50. The molecule has 4 aromatic rings. The molecule has 0 aliphatic heterocycles. The van der Waals surface area contributed by atoms with Gasteiger partial charge in [0.15, 0.2) is 5.11 Å². The van der Waals surface area contributed by atoms with E-state index in [9.17, 15) is 15.2 Å². The number of nitrogens with one attached hydrogen (secondary N) is 2. The molecule has 0 heterocycles. The molecule has 0 aliphatic rings. The van der Waals surface area contributed by atoms with Crippen LogP contribution in [0.4, 0.5) is 11.4 Å². The van der Waals surface area contributed by atoms with Crippen molar-refractivity contribution in [3.63, 3.8) is 0 Å². The van der Waals surface area contributed by atoms with Crippen molar-refractivity contribution in [3.05, 3.63) is 111 Å². The summed E-state index contributed by atoms with van der Waals surface area (Å²) < 4.78 is 0. The summed E-state index contributed by atoms with van der Waals surface area (Å²) >= 11 is 11.5. The molecule has 0 amide bonds. The third-order valence-electron chi connectivity index (χ3n) is 5.03. The second kappa shape index (κ2) is 9.21. The third kappa shape index (κ3) is 4.64. The molecule has 8 heteroatoms. The Balaban J connectivity index is 1.78. The predicted molar refractivity (Wildman–Crippen MR) is 131 cm³/mol. The summed E-state index contributed by atoms with van der Waals surface area (Å²) in [4.78, 5) is 10.9. The van der Waals surface area contributed by atoms with Crippen LogP contribution >= 0.6 is 23.8 Å². The fourth-order valence-corrected chi connectivity index (χ4v) is 3.92. The van der Waals surface area contributed by atoms with E-state index >= 15 is 0 Å². The van der Waals surface area contributed by atoms with E-state index < -0.39 is 11.0 Å². The van der Waals surface area contributed by atoms with Crippen molar-refractivity contribution < 1.29 is 10.0 Å². The van der Waals surface area contributed by atoms with E-state index in [0.29, 0.717) is 16.1 Å². The van der Waals surface area contributed by atoms with Crippen molar-refractivity contribution in [3.8, 4) is 5.75 Å². The number of hydrogen-bond donors (Lipinski definition) is 3. The average Bonchev–Trinajstić information content (AvgIpc) is 2.79. The number of halogens is 1. The van der Waals surface area contributed by atoms with Gasteiger partial charge >= 0.3 is 0 Å². The lowest BCUT2D eigenvalue weighted by molar-refractivity contribution is -0.384. The van der Waals surface area contributed by atoms with Crippen molar-refractivity contribution in [2.24, 2.45) is 0 Å². The number of nitrogens with zero attached hydrogens (tertiary/aromatic N) is 1. The number of anilines is 1. The van der Waals surface area contributed by atoms with Crippen LogP contribution < -0.4 is 10.6 Å². The molecule has 3 N–H and O–H groups in total. The number of nitro benzene ring substituents is 1. The number of aromatic hydroxyl groups is 1. The number of phenols is 1. The van der Waals surface area contributed by atoms with Crippen molar-refractivity contribution in [2.45, 2.75) is 6.04 Å². The molecule has 1 unspecified atom stereocenters. The van der Waals surface area contributed by atoms with E-state index in [-0.39, 0.29) is 16.5 Å². The molecule has 160 valence electrons. The molecular formula is C24H18ClN3O3S. The summed E-state index contributed by atoms with van der Waals surface area (Å²) in [5.41, 5.74) is 1.84. The largest absolute Gasteiger partial charge is 0.508 e. The highest BCUT2D eigenvalue weighted by atomic mass is 35.5. The molecule has 0 bridgehead atoms. The molecule has 0 saturated heterocycles. The molecular weight excluding hydrogens is 446 g/mol. The minimum absolute atomic E-state index is 0.0504. The van der Waals surface area contributed by atoms with Crippen LogP contribution in [0.1, 0.15) is 17.2 Å². The quantitative estimate of drug-likeness (QED) is 0.186. The maximum Gasteiger partial charge on any atom is 0.269 e. The first-order valence-electron chi connectivity index (χ1n) is 9.70. The number of thiocarbonyl (C=S) groups is 1. The number of nitro groups is 1. The molecule has 1 atom stereocenters. The summed E-state index contributed by atoms with van der Waals surface area (Å²) in [6.07, 6.45) is 0. The smallest absolute Gasteiger partial charge is 0.269 e. The summed E-state index contributed by atoms with van der Waals surface area (Å²) in [5.74, 6) is 0.0574. The molecule has 0 aromatic heterocycles. The Morgan fingerprint density at radius 1 is 1.00 bits per heavy atom. The highest BCUT2D eigenvalue weighted by Crippen LogP contribution is 2.36. The second-order valence-corrected chi connectivity index (χ2v) is 7.95. The Kier molecular flexibility index (Phi) is 6.20. The van der Waals surface area contributed by atoms with E-state index in [1.165, 1.54) is 12.1 Å². The minimum atomic E-state index is -0.645. The topological polar surface area (TPSA) is 87.4 Å². The van der Waals surface area contributed by atoms with Gasteiger partial charge in [-0.25, -0.2) is 0 Å². The molecule has 32 heavy (non-hydrogen) atoms. The van der Waals surface area contributed by atoms with E-state index in [0.717, 1.165) is 16.5 Å². The van der Waals surface area contributed by atoms with Gasteiger partial charge < -0.3 is 15.7 Å². The Bertz CT molecular complexity index is 1310. The SMILES string of the molecule is O=[N+]([O-])c1cccc(C(NC(=S)Nc2ccc(Cl)cc2)c2c(O)ccc3ccccc23)c1. The Morgan fingerprint density at radius 2 is 1.75 bits per heavy atom. The van der Waals surface area contributed by atoms with Crippen LogP contribution in [-0.2, 0) is 0 Å². The molecule has 0 aliphatic carbocycles. The van der Waals surface area contributed by atoms with Crippen LogP contribution in [-0.4, -0.2) is 15.1 Å². The Hall–Kier alpha value is -3.68. The van der Waals surface area contributed by atoms with Gasteiger partial charge in [-0.3, -0.25) is 10.1 Å². The van der Waals surface area contributed by atoms with E-state index in [1.54, 1.807) is 42.5 Å². The van der Waals surface area contributed by atoms with Crippen molar-refractivity contribution >= 4 is 51.1 Å². The van der Waals surface area contributed by atoms with E-state index in [4.69, 9.17) is 23.8 Å². The van der Waals surface area contributed by atoms with Gasteiger partial charge in [0, 0.05) is 28.4 Å². The van der Waals surface area contributed by atoms with Crippen LogP contribution in [0.25, 0.3) is 10.8 Å². The van der Waals surface area contributed by atoms with Crippen LogP contribution in [0.3, 0.4) is 0 Å². The van der Waals surface area contributed by atoms with Gasteiger partial charge in [0.1, 0.15) is 5.75 Å². The standard InChI is InChI=1S/C24H18ClN3O3S/c25-17-9-11-18(12-10-17)26-24(32)27-23(16-5-3-6-19(14-16)28(30)31)22-20-7-2-1-4-15(20)8-13-21(22)29/h1-14,23,29H,(H2,26,27,32). The summed E-state index contributed by atoms with van der Waals surface area (Å²) in [7, 11) is 0. The Labute approximate surface area is 194 Å². The predicted octanol–water partition coefficient (Wildman–Crippen LogP) is 6.18. The van der Waals surface area contributed by atoms with Gasteiger partial charge in [0.05, 0.1) is 11.0 Å². The second-order valence-electron chi connectivity index (χ2n) is 7.11. The highest BCUT2D eigenvalue weighted by molar-refractivity contribution is 7.80. The van der Waals surface area contributed by atoms with Gasteiger partial charge in [-0.15, -0.1) is 0 Å². The zero-order valence-electron chi connectivity index (χ0n) is 16.7. The molecule has 4 rings (SSSR count). The maximum absolute atomic E-state index is 11.4. The van der Waals surface area contributed by atoms with E-state index in [1.807, 2.05) is 30.3 Å². The lowest BCUT2D eigenvalue weighted by atomic mass is 9.92. The highest BCUT2D eigenvalue weighted by Gasteiger charge is 2.23. The summed E-state index contributed by atoms with van der Waals surface area (Å²) in [6.45, 7) is 0. The molecule has 0 radical (unpaired) electrons. The van der Waals surface area contributed by atoms with Crippen molar-refractivity contribution in [1.82, 2.24) is 5.32 Å². The number of benzene rings is 4. The molecule has 0 saturated carbocycles. The molecule has 4 aromatic carbocycles. The first-order chi connectivity index (χ1) is 15.4. The van der Waals surface area contributed by atoms with Crippen molar-refractivity contribution in [1.29, 1.82) is 0 Å². The number of non-ortho nitro benzene ring substituents is 1. The number of phenolic OH excluding ortho intramolecular Hbond substituents is 1. The first-order valence-corrected chi connectivity index (χ1v) is 10.5. The van der Waals surface area contributed by atoms with Gasteiger partial charge in [-0.1, -0.05) is 54.1 Å². The zero-order valence-corrected chi connectivity index (χ0v) is 18.2. The average molecular weight is 464 g/mol. The van der Waals surface area contributed by atoms with E-state index in [2.05, 4.69) is 10.6 Å². The fourth-order valence-electron chi connectivity index (χ4n) is 3.56. The summed E-state index contributed by atoms with van der Waals surface area (Å²) in [5, 5.41) is 31.1. The fraction of sp³-hybridized carbons (Fsp3) is 0.0417. The van der Waals surface area contributed by atoms with Gasteiger partial charge in [0.25, 0.3) is 5.69 Å². The van der Waals surface area contributed by atoms with Crippen LogP contribution in [0, 0.1) is 10.1 Å². The van der Waals surface area contributed by atoms with Crippen LogP contribution in [0.15, 0.2) is 84.9 Å². The summed E-state index contributed by atoms with van der Waals surface area (Å²) in [6, 6.07) is 23.7. The minimum Gasteiger partial charge on any atom is -0.508 e.